The summed E-state index contributed by atoms with van der Waals surface area (Å²) < 4.78 is 5.97. The van der Waals surface area contributed by atoms with Gasteiger partial charge in [0.1, 0.15) is 23.2 Å². The number of nitriles is 1. The second-order valence-corrected chi connectivity index (χ2v) is 10.6. The van der Waals surface area contributed by atoms with Crippen LogP contribution in [0.15, 0.2) is 54.7 Å². The van der Waals surface area contributed by atoms with E-state index >= 15 is 0 Å². The molecule has 3 aromatic rings. The Kier molecular flexibility index (Phi) is 7.91. The summed E-state index contributed by atoms with van der Waals surface area (Å²) in [7, 11) is 3.93. The second-order valence-electron chi connectivity index (χ2n) is 9.84. The van der Waals surface area contributed by atoms with Gasteiger partial charge in [0, 0.05) is 32.4 Å². The van der Waals surface area contributed by atoms with Crippen LogP contribution in [0.1, 0.15) is 31.4 Å². The predicted octanol–water partition coefficient (Wildman–Crippen LogP) is 5.83. The zero-order chi connectivity index (χ0) is 27.6. The van der Waals surface area contributed by atoms with Crippen LogP contribution < -0.4 is 14.5 Å². The normalized spacial score (nSPS) is 14.6. The van der Waals surface area contributed by atoms with Crippen molar-refractivity contribution >= 4 is 46.3 Å². The number of nitrogens with zero attached hydrogens (tertiary/aromatic N) is 5. The van der Waals surface area contributed by atoms with Crippen LogP contribution >= 0.6 is 23.8 Å². The van der Waals surface area contributed by atoms with E-state index in [9.17, 15) is 10.1 Å². The van der Waals surface area contributed by atoms with E-state index in [-0.39, 0.29) is 5.91 Å². The van der Waals surface area contributed by atoms with Crippen molar-refractivity contribution < 1.29 is 9.53 Å². The molecule has 0 radical (unpaired) electrons. The molecule has 1 fully saturated rings. The van der Waals surface area contributed by atoms with Crippen LogP contribution in [0.5, 0.6) is 5.75 Å². The number of carbonyl (C=O) groups is 1. The first-order chi connectivity index (χ1) is 18.1. The van der Waals surface area contributed by atoms with Gasteiger partial charge in [-0.15, -0.1) is 0 Å². The van der Waals surface area contributed by atoms with Gasteiger partial charge >= 0.3 is 0 Å². The molecule has 196 valence electrons. The Morgan fingerprint density at radius 2 is 1.79 bits per heavy atom. The fourth-order valence-corrected chi connectivity index (χ4v) is 5.11. The zero-order valence-corrected chi connectivity index (χ0v) is 23.7. The number of thiocarbonyl (C=S) groups is 1. The van der Waals surface area contributed by atoms with Crippen molar-refractivity contribution in [3.63, 3.8) is 0 Å². The molecular weight excluding hydrogens is 518 g/mol. The van der Waals surface area contributed by atoms with Gasteiger partial charge in [-0.2, -0.15) is 5.26 Å². The van der Waals surface area contributed by atoms with Crippen molar-refractivity contribution in [3.8, 4) is 22.9 Å². The lowest BCUT2D eigenvalue weighted by molar-refractivity contribution is -0.123. The Morgan fingerprint density at radius 3 is 2.39 bits per heavy atom. The topological polar surface area (TPSA) is 72.7 Å². The van der Waals surface area contributed by atoms with Crippen molar-refractivity contribution in [1.82, 2.24) is 9.88 Å². The van der Waals surface area contributed by atoms with E-state index in [0.717, 1.165) is 22.7 Å². The van der Waals surface area contributed by atoms with E-state index in [4.69, 9.17) is 28.6 Å². The van der Waals surface area contributed by atoms with E-state index in [1.807, 2.05) is 74.3 Å². The molecule has 0 spiro atoms. The molecule has 1 aliphatic heterocycles. The summed E-state index contributed by atoms with van der Waals surface area (Å²) in [6.07, 6.45) is 2.54. The van der Waals surface area contributed by atoms with Crippen LogP contribution in [-0.4, -0.2) is 53.7 Å². The highest BCUT2D eigenvalue weighted by atomic mass is 35.5. The maximum Gasteiger partial charge on any atom is 0.258 e. The quantitative estimate of drug-likeness (QED) is 0.259. The summed E-state index contributed by atoms with van der Waals surface area (Å²) in [5.74, 6) is 1.56. The first-order valence-corrected chi connectivity index (χ1v) is 13.1. The van der Waals surface area contributed by atoms with Gasteiger partial charge in [0.2, 0.25) is 0 Å². The first-order valence-electron chi connectivity index (χ1n) is 12.3. The van der Waals surface area contributed by atoms with Crippen LogP contribution in [-0.2, 0) is 4.79 Å². The maximum atomic E-state index is 13.4. The molecule has 0 aliphatic carbocycles. The number of halogens is 1. The van der Waals surface area contributed by atoms with Crippen molar-refractivity contribution in [2.75, 3.05) is 37.0 Å². The lowest BCUT2D eigenvalue weighted by Crippen LogP contribution is -2.44. The van der Waals surface area contributed by atoms with Crippen molar-refractivity contribution in [2.45, 2.75) is 32.7 Å². The molecule has 1 aliphatic rings. The minimum absolute atomic E-state index is 0.129. The molecule has 1 saturated heterocycles. The number of hydrogen-bond donors (Lipinski definition) is 0. The number of hydrogen-bond acceptors (Lipinski definition) is 6. The van der Waals surface area contributed by atoms with E-state index in [1.165, 1.54) is 4.90 Å². The predicted molar refractivity (Wildman–Crippen MR) is 156 cm³/mol. The summed E-state index contributed by atoms with van der Waals surface area (Å²) in [5, 5.41) is 10.0. The van der Waals surface area contributed by atoms with E-state index < -0.39 is 5.54 Å². The largest absolute Gasteiger partial charge is 0.494 e. The SMILES string of the molecule is Cc1c(N2C(=O)C(C)(C)N(CCCOc3ccc(-c4ccc(N(C)C)nc4)cc3)C2=S)ccc(C#N)c1Cl. The molecule has 0 unspecified atom stereocenters. The molecule has 9 heteroatoms. The Morgan fingerprint density at radius 1 is 1.11 bits per heavy atom. The number of pyridine rings is 1. The average molecular weight is 548 g/mol. The van der Waals surface area contributed by atoms with Gasteiger partial charge in [-0.05, 0) is 86.9 Å². The lowest BCUT2D eigenvalue weighted by atomic mass is 10.0. The van der Waals surface area contributed by atoms with Gasteiger partial charge in [-0.3, -0.25) is 9.69 Å². The van der Waals surface area contributed by atoms with Crippen LogP contribution in [0.2, 0.25) is 5.02 Å². The summed E-state index contributed by atoms with van der Waals surface area (Å²) in [6.45, 7) is 6.55. The highest BCUT2D eigenvalue weighted by Crippen LogP contribution is 2.37. The summed E-state index contributed by atoms with van der Waals surface area (Å²) in [6, 6.07) is 17.4. The third-order valence-electron chi connectivity index (χ3n) is 6.73. The molecule has 1 amide bonds. The fraction of sp³-hybridized carbons (Fsp3) is 0.310. The summed E-state index contributed by atoms with van der Waals surface area (Å²) >= 11 is 12.1. The summed E-state index contributed by atoms with van der Waals surface area (Å²) in [5.41, 5.74) is 2.90. The highest BCUT2D eigenvalue weighted by Gasteiger charge is 2.49. The lowest BCUT2D eigenvalue weighted by Gasteiger charge is -2.29. The second kappa shape index (κ2) is 11.0. The van der Waals surface area contributed by atoms with Gasteiger partial charge in [0.05, 0.1) is 22.9 Å². The molecule has 0 saturated carbocycles. The molecule has 0 bridgehead atoms. The highest BCUT2D eigenvalue weighted by molar-refractivity contribution is 7.80. The van der Waals surface area contributed by atoms with Crippen LogP contribution in [0.3, 0.4) is 0 Å². The Hall–Kier alpha value is -3.67. The number of rotatable bonds is 8. The van der Waals surface area contributed by atoms with Crippen molar-refractivity contribution in [2.24, 2.45) is 0 Å². The minimum Gasteiger partial charge on any atom is -0.494 e. The van der Waals surface area contributed by atoms with Crippen LogP contribution in [0, 0.1) is 18.3 Å². The number of aromatic nitrogens is 1. The number of ether oxygens (including phenoxy) is 1. The number of amides is 1. The third kappa shape index (κ3) is 5.17. The molecule has 0 atom stereocenters. The van der Waals surface area contributed by atoms with Gasteiger partial charge in [0.25, 0.3) is 5.91 Å². The van der Waals surface area contributed by atoms with Crippen LogP contribution in [0.25, 0.3) is 11.1 Å². The Labute approximate surface area is 234 Å². The molecule has 4 rings (SSSR count). The van der Waals surface area contributed by atoms with Gasteiger partial charge < -0.3 is 14.5 Å². The van der Waals surface area contributed by atoms with Gasteiger partial charge in [-0.1, -0.05) is 23.7 Å². The smallest absolute Gasteiger partial charge is 0.258 e. The standard InChI is InChI=1S/C29H30ClN5O2S/c1-19-24(13-9-21(17-31)26(19)30)35-27(36)29(2,3)34(28(35)38)15-6-16-37-23-11-7-20(8-12-23)22-10-14-25(32-18-22)33(4)5/h7-14,18H,6,15-16H2,1-5H3. The van der Waals surface area contributed by atoms with E-state index in [0.29, 0.717) is 46.5 Å². The zero-order valence-electron chi connectivity index (χ0n) is 22.2. The van der Waals surface area contributed by atoms with E-state index in [1.54, 1.807) is 19.1 Å². The number of carbonyl (C=O) groups excluding carboxylic acids is 1. The molecule has 38 heavy (non-hydrogen) atoms. The third-order valence-corrected chi connectivity index (χ3v) is 7.62. The van der Waals surface area contributed by atoms with Gasteiger partial charge in [-0.25, -0.2) is 4.98 Å². The van der Waals surface area contributed by atoms with Crippen molar-refractivity contribution in [1.29, 1.82) is 5.26 Å². The minimum atomic E-state index is -0.818. The fourth-order valence-electron chi connectivity index (χ4n) is 4.40. The van der Waals surface area contributed by atoms with E-state index in [2.05, 4.69) is 17.1 Å². The van der Waals surface area contributed by atoms with Gasteiger partial charge in [0.15, 0.2) is 5.11 Å². The average Bonchev–Trinajstić information content (AvgIpc) is 3.07. The monoisotopic (exact) mass is 547 g/mol. The number of anilines is 2. The maximum absolute atomic E-state index is 13.4. The van der Waals surface area contributed by atoms with Crippen LogP contribution in [0.4, 0.5) is 11.5 Å². The Bertz CT molecular complexity index is 1400. The first kappa shape index (κ1) is 27.4. The summed E-state index contributed by atoms with van der Waals surface area (Å²) in [4.78, 5) is 23.3. The van der Waals surface area contributed by atoms with Crippen molar-refractivity contribution in [3.05, 3.63) is 70.9 Å². The number of benzene rings is 2. The molecule has 0 N–H and O–H groups in total. The molecule has 1 aromatic heterocycles. The molecule has 7 nitrogen and oxygen atoms in total. The molecule has 2 heterocycles. The molecule has 2 aromatic carbocycles. The Balaban J connectivity index is 1.37. The molecular formula is C29H30ClN5O2S.